The van der Waals surface area contributed by atoms with Crippen molar-refractivity contribution >= 4 is 23.5 Å². The summed E-state index contributed by atoms with van der Waals surface area (Å²) < 4.78 is 0. The van der Waals surface area contributed by atoms with Gasteiger partial charge in [0.25, 0.3) is 0 Å². The third kappa shape index (κ3) is 3.16. The number of thioether (sulfide) groups is 1. The third-order valence-electron chi connectivity index (χ3n) is 3.40. The van der Waals surface area contributed by atoms with Gasteiger partial charge in [-0.25, -0.2) is 14.8 Å². The van der Waals surface area contributed by atoms with Gasteiger partial charge in [0, 0.05) is 24.8 Å². The number of anilines is 1. The lowest BCUT2D eigenvalue weighted by molar-refractivity contribution is 0.0697. The molecule has 0 saturated heterocycles. The maximum atomic E-state index is 11.2. The summed E-state index contributed by atoms with van der Waals surface area (Å²) >= 11 is 1.36. The van der Waals surface area contributed by atoms with Crippen molar-refractivity contribution < 1.29 is 15.0 Å². The highest BCUT2D eigenvalue weighted by Gasteiger charge is 2.28. The van der Waals surface area contributed by atoms with Gasteiger partial charge in [0.2, 0.25) is 0 Å². The van der Waals surface area contributed by atoms with Crippen molar-refractivity contribution in [3.8, 4) is 0 Å². The molecular weight excluding hydrogens is 266 g/mol. The molecule has 1 aliphatic rings. The summed E-state index contributed by atoms with van der Waals surface area (Å²) in [7, 11) is 0. The molecule has 1 aromatic rings. The number of nitrogens with zero attached hydrogens (tertiary/aromatic N) is 2. The monoisotopic (exact) mass is 283 g/mol. The molecule has 2 rings (SSSR count). The molecular formula is C12H17N3O3S. The van der Waals surface area contributed by atoms with Gasteiger partial charge in [0.05, 0.1) is 0 Å². The van der Waals surface area contributed by atoms with Crippen LogP contribution in [0.5, 0.6) is 0 Å². The van der Waals surface area contributed by atoms with Crippen LogP contribution in [0.15, 0.2) is 11.4 Å². The normalized spacial score (nSPS) is 22.4. The Labute approximate surface area is 115 Å². The number of rotatable bonds is 5. The highest BCUT2D eigenvalue weighted by atomic mass is 32.2. The van der Waals surface area contributed by atoms with E-state index < -0.39 is 5.97 Å². The number of carbonyl (C=O) groups is 1. The van der Waals surface area contributed by atoms with E-state index in [-0.39, 0.29) is 24.1 Å². The number of aliphatic hydroxyl groups excluding tert-OH is 1. The second kappa shape index (κ2) is 6.21. The molecule has 1 heterocycles. The fraction of sp³-hybridized carbons (Fsp3) is 0.583. The fourth-order valence-corrected chi connectivity index (χ4v) is 2.69. The van der Waals surface area contributed by atoms with Crippen molar-refractivity contribution in [1.82, 2.24) is 9.97 Å². The standard InChI is InChI=1S/C12H17N3O3S/c1-19-12-13-5-8(11(17)18)10(15-12)14-9-4-2-3-7(9)6-16/h5,7,9,16H,2-4,6H2,1H3,(H,17,18)(H,13,14,15)/t7-,9-/m1/s1. The van der Waals surface area contributed by atoms with Crippen LogP contribution in [-0.4, -0.2) is 45.1 Å². The number of aromatic nitrogens is 2. The second-order valence-electron chi connectivity index (χ2n) is 4.55. The zero-order valence-electron chi connectivity index (χ0n) is 10.7. The lowest BCUT2D eigenvalue weighted by Crippen LogP contribution is -2.28. The van der Waals surface area contributed by atoms with E-state index in [1.807, 2.05) is 6.26 Å². The zero-order valence-corrected chi connectivity index (χ0v) is 11.5. The van der Waals surface area contributed by atoms with Crippen molar-refractivity contribution in [3.05, 3.63) is 11.8 Å². The van der Waals surface area contributed by atoms with Crippen molar-refractivity contribution in [2.75, 3.05) is 18.2 Å². The molecule has 2 atom stereocenters. The molecule has 6 nitrogen and oxygen atoms in total. The first-order valence-electron chi connectivity index (χ1n) is 6.17. The van der Waals surface area contributed by atoms with Gasteiger partial charge >= 0.3 is 5.97 Å². The second-order valence-corrected chi connectivity index (χ2v) is 5.32. The minimum Gasteiger partial charge on any atom is -0.477 e. The summed E-state index contributed by atoms with van der Waals surface area (Å²) in [6, 6.07) is 0.0766. The van der Waals surface area contributed by atoms with Crippen LogP contribution >= 0.6 is 11.8 Å². The lowest BCUT2D eigenvalue weighted by atomic mass is 10.1. The number of hydrogen-bond acceptors (Lipinski definition) is 6. The first-order chi connectivity index (χ1) is 9.15. The van der Waals surface area contributed by atoms with Gasteiger partial charge in [-0.05, 0) is 19.1 Å². The number of hydrogen-bond donors (Lipinski definition) is 3. The number of carboxylic acid groups (broad SMARTS) is 1. The summed E-state index contributed by atoms with van der Waals surface area (Å²) in [5, 5.41) is 22.1. The Morgan fingerprint density at radius 3 is 3.00 bits per heavy atom. The number of nitrogens with one attached hydrogen (secondary N) is 1. The molecule has 104 valence electrons. The molecule has 0 aliphatic heterocycles. The van der Waals surface area contributed by atoms with Gasteiger partial charge in [0.1, 0.15) is 11.4 Å². The number of aliphatic hydroxyl groups is 1. The van der Waals surface area contributed by atoms with Crippen LogP contribution in [-0.2, 0) is 0 Å². The average Bonchev–Trinajstić information content (AvgIpc) is 2.85. The molecule has 0 spiro atoms. The molecule has 0 radical (unpaired) electrons. The average molecular weight is 283 g/mol. The van der Waals surface area contributed by atoms with Crippen LogP contribution in [0, 0.1) is 5.92 Å². The van der Waals surface area contributed by atoms with Crippen LogP contribution in [0.1, 0.15) is 29.6 Å². The predicted molar refractivity (Wildman–Crippen MR) is 72.6 cm³/mol. The Kier molecular flexibility index (Phi) is 4.60. The number of aromatic carboxylic acids is 1. The van der Waals surface area contributed by atoms with Gasteiger partial charge in [0.15, 0.2) is 5.16 Å². The molecule has 0 amide bonds. The van der Waals surface area contributed by atoms with Gasteiger partial charge in [-0.2, -0.15) is 0 Å². The Bertz CT molecular complexity index is 470. The summed E-state index contributed by atoms with van der Waals surface area (Å²) in [6.45, 7) is 0.112. The summed E-state index contributed by atoms with van der Waals surface area (Å²) in [4.78, 5) is 19.4. The van der Waals surface area contributed by atoms with E-state index in [9.17, 15) is 9.90 Å². The van der Waals surface area contributed by atoms with Gasteiger partial charge < -0.3 is 15.5 Å². The Hall–Kier alpha value is -1.34. The van der Waals surface area contributed by atoms with Gasteiger partial charge in [-0.15, -0.1) is 0 Å². The molecule has 1 fully saturated rings. The molecule has 7 heteroatoms. The molecule has 1 saturated carbocycles. The van der Waals surface area contributed by atoms with E-state index in [2.05, 4.69) is 15.3 Å². The van der Waals surface area contributed by atoms with E-state index >= 15 is 0 Å². The zero-order chi connectivity index (χ0) is 13.8. The molecule has 0 aromatic carbocycles. The van der Waals surface area contributed by atoms with Crippen LogP contribution in [0.2, 0.25) is 0 Å². The van der Waals surface area contributed by atoms with Crippen molar-refractivity contribution in [2.45, 2.75) is 30.5 Å². The van der Waals surface area contributed by atoms with Crippen molar-refractivity contribution in [1.29, 1.82) is 0 Å². The van der Waals surface area contributed by atoms with E-state index in [0.29, 0.717) is 11.0 Å². The SMILES string of the molecule is CSc1ncc(C(=O)O)c(N[C@@H]2CCC[C@@H]2CO)n1. The van der Waals surface area contributed by atoms with Crippen molar-refractivity contribution in [2.24, 2.45) is 5.92 Å². The van der Waals surface area contributed by atoms with E-state index in [4.69, 9.17) is 5.11 Å². The fourth-order valence-electron chi connectivity index (χ4n) is 2.35. The lowest BCUT2D eigenvalue weighted by Gasteiger charge is -2.20. The maximum Gasteiger partial charge on any atom is 0.341 e. The van der Waals surface area contributed by atoms with Crippen molar-refractivity contribution in [3.63, 3.8) is 0 Å². The van der Waals surface area contributed by atoms with Gasteiger partial charge in [-0.1, -0.05) is 18.2 Å². The van der Waals surface area contributed by atoms with Crippen LogP contribution < -0.4 is 5.32 Å². The predicted octanol–water partition coefficient (Wildman–Crippen LogP) is 1.47. The maximum absolute atomic E-state index is 11.2. The molecule has 0 unspecified atom stereocenters. The van der Waals surface area contributed by atoms with E-state index in [1.165, 1.54) is 18.0 Å². The first kappa shape index (κ1) is 14.1. The molecule has 1 aliphatic carbocycles. The van der Waals surface area contributed by atoms with Gasteiger partial charge in [-0.3, -0.25) is 0 Å². The van der Waals surface area contributed by atoms with Crippen LogP contribution in [0.25, 0.3) is 0 Å². The quantitative estimate of drug-likeness (QED) is 0.556. The molecule has 3 N–H and O–H groups in total. The molecule has 1 aromatic heterocycles. The van der Waals surface area contributed by atoms with E-state index in [1.54, 1.807) is 0 Å². The smallest absolute Gasteiger partial charge is 0.341 e. The minimum absolute atomic E-state index is 0.0707. The third-order valence-corrected chi connectivity index (χ3v) is 3.96. The molecule has 0 bridgehead atoms. The largest absolute Gasteiger partial charge is 0.477 e. The highest BCUT2D eigenvalue weighted by molar-refractivity contribution is 7.98. The summed E-state index contributed by atoms with van der Waals surface area (Å²) in [5.41, 5.74) is 0.0707. The number of carboxylic acids is 1. The highest BCUT2D eigenvalue weighted by Crippen LogP contribution is 2.29. The Balaban J connectivity index is 2.24. The Morgan fingerprint density at radius 1 is 1.58 bits per heavy atom. The summed E-state index contributed by atoms with van der Waals surface area (Å²) in [6.07, 6.45) is 6.07. The first-order valence-corrected chi connectivity index (χ1v) is 7.40. The van der Waals surface area contributed by atoms with E-state index in [0.717, 1.165) is 19.3 Å². The van der Waals surface area contributed by atoms with Crippen LogP contribution in [0.4, 0.5) is 5.82 Å². The topological polar surface area (TPSA) is 95.3 Å². The minimum atomic E-state index is -1.05. The molecule has 19 heavy (non-hydrogen) atoms. The summed E-state index contributed by atoms with van der Waals surface area (Å²) in [5.74, 6) is -0.541. The Morgan fingerprint density at radius 2 is 2.37 bits per heavy atom. The van der Waals surface area contributed by atoms with Crippen LogP contribution in [0.3, 0.4) is 0 Å².